The molecule has 0 radical (unpaired) electrons. The molecule has 0 fully saturated rings. The monoisotopic (exact) mass is 196 g/mol. The molecule has 1 atom stereocenters. The van der Waals surface area contributed by atoms with Gasteiger partial charge in [0.1, 0.15) is 12.2 Å². The van der Waals surface area contributed by atoms with Crippen LogP contribution in [0.3, 0.4) is 0 Å². The fourth-order valence-corrected chi connectivity index (χ4v) is 1.39. The van der Waals surface area contributed by atoms with E-state index in [4.69, 9.17) is 4.74 Å². The maximum Gasteiger partial charge on any atom is 0.313 e. The first-order valence-electron chi connectivity index (χ1n) is 5.04. The van der Waals surface area contributed by atoms with Gasteiger partial charge >= 0.3 is 5.97 Å². The standard InChI is InChI=1S/C11H16O3/c1-9-6-4-2-3-5-7-10(12)8-11(13)14-9/h2-3,9H,4-8H2,1H3/b3-2-. The SMILES string of the molecule is CC1CC/C=C\CCC(=O)CC(=O)O1. The van der Waals surface area contributed by atoms with Crippen LogP contribution < -0.4 is 0 Å². The highest BCUT2D eigenvalue weighted by Crippen LogP contribution is 2.08. The van der Waals surface area contributed by atoms with E-state index in [2.05, 4.69) is 0 Å². The Balaban J connectivity index is 2.52. The average Bonchev–Trinajstić information content (AvgIpc) is 2.11. The molecular weight excluding hydrogens is 180 g/mol. The summed E-state index contributed by atoms with van der Waals surface area (Å²) >= 11 is 0. The molecule has 3 nitrogen and oxygen atoms in total. The van der Waals surface area contributed by atoms with Gasteiger partial charge in [-0.25, -0.2) is 0 Å². The number of carbonyl (C=O) groups is 2. The summed E-state index contributed by atoms with van der Waals surface area (Å²) in [6.07, 6.45) is 6.80. The number of rotatable bonds is 0. The maximum absolute atomic E-state index is 11.2. The van der Waals surface area contributed by atoms with Crippen molar-refractivity contribution in [2.75, 3.05) is 0 Å². The van der Waals surface area contributed by atoms with Crippen molar-refractivity contribution in [2.45, 2.75) is 45.1 Å². The largest absolute Gasteiger partial charge is 0.462 e. The summed E-state index contributed by atoms with van der Waals surface area (Å²) < 4.78 is 5.06. The molecule has 0 aromatic rings. The van der Waals surface area contributed by atoms with E-state index in [-0.39, 0.29) is 24.3 Å². The van der Waals surface area contributed by atoms with Gasteiger partial charge in [-0.05, 0) is 26.2 Å². The molecule has 0 aliphatic carbocycles. The number of hydrogen-bond acceptors (Lipinski definition) is 3. The third-order valence-electron chi connectivity index (χ3n) is 2.17. The second-order valence-corrected chi connectivity index (χ2v) is 3.60. The summed E-state index contributed by atoms with van der Waals surface area (Å²) in [6.45, 7) is 1.86. The van der Waals surface area contributed by atoms with Crippen molar-refractivity contribution < 1.29 is 14.3 Å². The molecule has 0 aromatic heterocycles. The predicted molar refractivity (Wildman–Crippen MR) is 52.8 cm³/mol. The molecule has 1 rings (SSSR count). The second kappa shape index (κ2) is 5.58. The summed E-state index contributed by atoms with van der Waals surface area (Å²) in [4.78, 5) is 22.4. The third-order valence-corrected chi connectivity index (χ3v) is 2.17. The van der Waals surface area contributed by atoms with Crippen LogP contribution in [0.1, 0.15) is 39.0 Å². The molecule has 0 amide bonds. The topological polar surface area (TPSA) is 43.4 Å². The molecule has 0 N–H and O–H groups in total. The first-order valence-corrected chi connectivity index (χ1v) is 5.04. The minimum atomic E-state index is -0.385. The van der Waals surface area contributed by atoms with Crippen LogP contribution in [0.4, 0.5) is 0 Å². The molecule has 0 spiro atoms. The molecule has 78 valence electrons. The number of cyclic esters (lactones) is 1. The van der Waals surface area contributed by atoms with E-state index in [0.29, 0.717) is 6.42 Å². The highest BCUT2D eigenvalue weighted by Gasteiger charge is 2.13. The average molecular weight is 196 g/mol. The van der Waals surface area contributed by atoms with Gasteiger partial charge in [-0.1, -0.05) is 12.2 Å². The van der Waals surface area contributed by atoms with Crippen LogP contribution in [0.25, 0.3) is 0 Å². The highest BCUT2D eigenvalue weighted by molar-refractivity contribution is 5.95. The molecule has 1 aliphatic heterocycles. The van der Waals surface area contributed by atoms with Crippen molar-refractivity contribution in [1.29, 1.82) is 0 Å². The number of carbonyl (C=O) groups excluding carboxylic acids is 2. The number of Topliss-reactive ketones (excluding diaryl/α,β-unsaturated/α-hetero) is 1. The zero-order valence-electron chi connectivity index (χ0n) is 8.49. The van der Waals surface area contributed by atoms with Crippen LogP contribution in [0.15, 0.2) is 12.2 Å². The van der Waals surface area contributed by atoms with E-state index < -0.39 is 0 Å². The van der Waals surface area contributed by atoms with Crippen molar-refractivity contribution in [2.24, 2.45) is 0 Å². The Morgan fingerprint density at radius 1 is 1.29 bits per heavy atom. The minimum absolute atomic E-state index is 0.0336. The Morgan fingerprint density at radius 2 is 2.00 bits per heavy atom. The van der Waals surface area contributed by atoms with E-state index in [1.807, 2.05) is 19.1 Å². The molecule has 1 heterocycles. The smallest absolute Gasteiger partial charge is 0.313 e. The molecule has 0 saturated heterocycles. The lowest BCUT2D eigenvalue weighted by atomic mass is 10.1. The zero-order valence-corrected chi connectivity index (χ0v) is 8.49. The summed E-state index contributed by atoms with van der Waals surface area (Å²) in [5.41, 5.74) is 0. The van der Waals surface area contributed by atoms with E-state index in [9.17, 15) is 9.59 Å². The molecule has 0 saturated carbocycles. The molecule has 1 unspecified atom stereocenters. The molecule has 0 aromatic carbocycles. The fraction of sp³-hybridized carbons (Fsp3) is 0.636. The third kappa shape index (κ3) is 4.21. The van der Waals surface area contributed by atoms with Gasteiger partial charge in [0, 0.05) is 6.42 Å². The first-order chi connectivity index (χ1) is 6.68. The van der Waals surface area contributed by atoms with Gasteiger partial charge in [0.05, 0.1) is 6.10 Å². The van der Waals surface area contributed by atoms with Gasteiger partial charge < -0.3 is 4.74 Å². The Bertz CT molecular complexity index is 243. The lowest BCUT2D eigenvalue weighted by Gasteiger charge is -2.10. The summed E-state index contributed by atoms with van der Waals surface area (Å²) in [5.74, 6) is -0.418. The Labute approximate surface area is 84.1 Å². The minimum Gasteiger partial charge on any atom is -0.462 e. The van der Waals surface area contributed by atoms with Crippen molar-refractivity contribution in [3.05, 3.63) is 12.2 Å². The fourth-order valence-electron chi connectivity index (χ4n) is 1.39. The summed E-state index contributed by atoms with van der Waals surface area (Å²) in [6, 6.07) is 0. The van der Waals surface area contributed by atoms with Crippen LogP contribution in [-0.2, 0) is 14.3 Å². The van der Waals surface area contributed by atoms with Crippen molar-refractivity contribution in [3.8, 4) is 0 Å². The number of allylic oxidation sites excluding steroid dienone is 2. The van der Waals surface area contributed by atoms with E-state index in [0.717, 1.165) is 19.3 Å². The van der Waals surface area contributed by atoms with Crippen LogP contribution in [0, 0.1) is 0 Å². The molecule has 14 heavy (non-hydrogen) atoms. The Morgan fingerprint density at radius 3 is 2.79 bits per heavy atom. The van der Waals surface area contributed by atoms with Gasteiger partial charge in [0.2, 0.25) is 0 Å². The second-order valence-electron chi connectivity index (χ2n) is 3.60. The quantitative estimate of drug-likeness (QED) is 0.338. The highest BCUT2D eigenvalue weighted by atomic mass is 16.5. The molecular formula is C11H16O3. The number of hydrogen-bond donors (Lipinski definition) is 0. The van der Waals surface area contributed by atoms with Crippen molar-refractivity contribution >= 4 is 11.8 Å². The van der Waals surface area contributed by atoms with E-state index >= 15 is 0 Å². The molecule has 1 aliphatic rings. The normalized spacial score (nSPS) is 27.6. The maximum atomic E-state index is 11.2. The molecule has 0 bridgehead atoms. The van der Waals surface area contributed by atoms with Gasteiger partial charge in [-0.3, -0.25) is 9.59 Å². The number of esters is 1. The summed E-state index contributed by atoms with van der Waals surface area (Å²) in [5, 5.41) is 0. The van der Waals surface area contributed by atoms with Gasteiger partial charge in [0.15, 0.2) is 0 Å². The van der Waals surface area contributed by atoms with Gasteiger partial charge in [-0.15, -0.1) is 0 Å². The van der Waals surface area contributed by atoms with Gasteiger partial charge in [0.25, 0.3) is 0 Å². The number of ether oxygens (including phenoxy) is 1. The summed E-state index contributed by atoms with van der Waals surface area (Å²) in [7, 11) is 0. The Kier molecular flexibility index (Phi) is 4.36. The van der Waals surface area contributed by atoms with Crippen LogP contribution in [-0.4, -0.2) is 17.9 Å². The van der Waals surface area contributed by atoms with E-state index in [1.165, 1.54) is 0 Å². The zero-order chi connectivity index (χ0) is 10.4. The lowest BCUT2D eigenvalue weighted by molar-refractivity contribution is -0.150. The molecule has 3 heteroatoms. The van der Waals surface area contributed by atoms with Crippen LogP contribution in [0.2, 0.25) is 0 Å². The van der Waals surface area contributed by atoms with Crippen LogP contribution in [0.5, 0.6) is 0 Å². The van der Waals surface area contributed by atoms with Crippen molar-refractivity contribution in [1.82, 2.24) is 0 Å². The number of ketones is 1. The first kappa shape index (κ1) is 11.0. The Hall–Kier alpha value is -1.12. The lowest BCUT2D eigenvalue weighted by Crippen LogP contribution is -2.17. The van der Waals surface area contributed by atoms with Gasteiger partial charge in [-0.2, -0.15) is 0 Å². The van der Waals surface area contributed by atoms with Crippen molar-refractivity contribution in [3.63, 3.8) is 0 Å². The van der Waals surface area contributed by atoms with E-state index in [1.54, 1.807) is 0 Å². The predicted octanol–water partition coefficient (Wildman–Crippen LogP) is 2.01. The van der Waals surface area contributed by atoms with Crippen LogP contribution >= 0.6 is 0 Å².